The van der Waals surface area contributed by atoms with E-state index in [-0.39, 0.29) is 11.7 Å². The molecule has 2 aliphatic heterocycles. The Morgan fingerprint density at radius 3 is 2.55 bits per heavy atom. The van der Waals surface area contributed by atoms with Gasteiger partial charge in [-0.15, -0.1) is 0 Å². The Morgan fingerprint density at radius 1 is 1.30 bits per heavy atom. The minimum atomic E-state index is -3.10. The standard InChI is InChI=1S/C12H19N3O4S/c1-9-13-11(19-14-9)10-3-4-12(18-10)5-7-15(8-6-12)20(2,16)17/h10H,3-8H2,1-2H3. The third-order valence-electron chi connectivity index (χ3n) is 4.18. The lowest BCUT2D eigenvalue weighted by atomic mass is 9.89. The molecule has 8 heteroatoms. The molecule has 1 aromatic heterocycles. The maximum Gasteiger partial charge on any atom is 0.255 e. The van der Waals surface area contributed by atoms with Gasteiger partial charge in [0.2, 0.25) is 10.0 Å². The molecule has 0 radical (unpaired) electrons. The van der Waals surface area contributed by atoms with Crippen molar-refractivity contribution in [3.63, 3.8) is 0 Å². The van der Waals surface area contributed by atoms with Crippen molar-refractivity contribution in [1.29, 1.82) is 0 Å². The van der Waals surface area contributed by atoms with Crippen molar-refractivity contribution in [1.82, 2.24) is 14.4 Å². The van der Waals surface area contributed by atoms with Gasteiger partial charge in [0.05, 0.1) is 11.9 Å². The van der Waals surface area contributed by atoms with E-state index in [9.17, 15) is 8.42 Å². The van der Waals surface area contributed by atoms with E-state index in [0.29, 0.717) is 24.8 Å². The quantitative estimate of drug-likeness (QED) is 0.811. The first kappa shape index (κ1) is 14.0. The first-order valence-corrected chi connectivity index (χ1v) is 8.66. The van der Waals surface area contributed by atoms with E-state index in [1.54, 1.807) is 6.92 Å². The van der Waals surface area contributed by atoms with Gasteiger partial charge in [0.25, 0.3) is 5.89 Å². The van der Waals surface area contributed by atoms with Crippen molar-refractivity contribution in [3.05, 3.63) is 11.7 Å². The zero-order chi connectivity index (χ0) is 14.4. The lowest BCUT2D eigenvalue weighted by Crippen LogP contribution is -2.46. The van der Waals surface area contributed by atoms with E-state index in [4.69, 9.17) is 9.26 Å². The molecule has 3 heterocycles. The first-order valence-electron chi connectivity index (χ1n) is 6.81. The van der Waals surface area contributed by atoms with Crippen LogP contribution in [0.4, 0.5) is 0 Å². The number of ether oxygens (including phenoxy) is 1. The third kappa shape index (κ3) is 2.59. The molecule has 7 nitrogen and oxygen atoms in total. The van der Waals surface area contributed by atoms with Crippen molar-refractivity contribution in [2.45, 2.75) is 44.3 Å². The van der Waals surface area contributed by atoms with Gasteiger partial charge in [0, 0.05) is 13.1 Å². The highest BCUT2D eigenvalue weighted by atomic mass is 32.2. The van der Waals surface area contributed by atoms with Gasteiger partial charge in [-0.3, -0.25) is 0 Å². The lowest BCUT2D eigenvalue weighted by molar-refractivity contribution is -0.0778. The number of sulfonamides is 1. The topological polar surface area (TPSA) is 85.5 Å². The summed E-state index contributed by atoms with van der Waals surface area (Å²) in [6, 6.07) is 0. The van der Waals surface area contributed by atoms with Gasteiger partial charge >= 0.3 is 0 Å². The van der Waals surface area contributed by atoms with Gasteiger partial charge in [-0.05, 0) is 32.6 Å². The predicted molar refractivity (Wildman–Crippen MR) is 70.5 cm³/mol. The van der Waals surface area contributed by atoms with Gasteiger partial charge in [0.15, 0.2) is 5.82 Å². The molecule has 20 heavy (non-hydrogen) atoms. The molecule has 0 amide bonds. The van der Waals surface area contributed by atoms with E-state index >= 15 is 0 Å². The normalized spacial score (nSPS) is 27.2. The Kier molecular flexibility index (Phi) is 3.34. The van der Waals surface area contributed by atoms with Crippen LogP contribution in [0.1, 0.15) is 43.5 Å². The van der Waals surface area contributed by atoms with Crippen LogP contribution in [0, 0.1) is 6.92 Å². The average molecular weight is 301 g/mol. The van der Waals surface area contributed by atoms with Crippen LogP contribution in [0.5, 0.6) is 0 Å². The SMILES string of the molecule is Cc1noc(C2CCC3(CCN(S(C)(=O)=O)CC3)O2)n1. The molecule has 0 aromatic carbocycles. The Hall–Kier alpha value is -0.990. The zero-order valence-corrected chi connectivity index (χ0v) is 12.5. The molecule has 1 atom stereocenters. The number of aromatic nitrogens is 2. The second-order valence-corrected chi connectivity index (χ2v) is 7.65. The molecular weight excluding hydrogens is 282 g/mol. The smallest absolute Gasteiger partial charge is 0.255 e. The maximum absolute atomic E-state index is 11.5. The number of rotatable bonds is 2. The number of hydrogen-bond donors (Lipinski definition) is 0. The van der Waals surface area contributed by atoms with Crippen molar-refractivity contribution in [2.24, 2.45) is 0 Å². The molecule has 1 unspecified atom stereocenters. The van der Waals surface area contributed by atoms with E-state index in [1.807, 2.05) is 0 Å². The highest BCUT2D eigenvalue weighted by Crippen LogP contribution is 2.44. The summed E-state index contributed by atoms with van der Waals surface area (Å²) in [5.41, 5.74) is -0.228. The highest BCUT2D eigenvalue weighted by Gasteiger charge is 2.45. The van der Waals surface area contributed by atoms with Crippen molar-refractivity contribution in [3.8, 4) is 0 Å². The molecule has 1 spiro atoms. The Bertz CT molecular complexity index is 590. The van der Waals surface area contributed by atoms with Crippen LogP contribution < -0.4 is 0 Å². The summed E-state index contributed by atoms with van der Waals surface area (Å²) in [5, 5.41) is 3.79. The molecule has 2 fully saturated rings. The van der Waals surface area contributed by atoms with E-state index < -0.39 is 10.0 Å². The zero-order valence-electron chi connectivity index (χ0n) is 11.7. The second kappa shape index (κ2) is 4.78. The lowest BCUT2D eigenvalue weighted by Gasteiger charge is -2.37. The summed E-state index contributed by atoms with van der Waals surface area (Å²) in [5.74, 6) is 1.14. The van der Waals surface area contributed by atoms with Crippen LogP contribution in [0.2, 0.25) is 0 Å². The van der Waals surface area contributed by atoms with Crippen LogP contribution >= 0.6 is 0 Å². The highest BCUT2D eigenvalue weighted by molar-refractivity contribution is 7.88. The van der Waals surface area contributed by atoms with E-state index in [0.717, 1.165) is 25.7 Å². The molecule has 2 saturated heterocycles. The Labute approximate surface area is 118 Å². The molecule has 3 rings (SSSR count). The third-order valence-corrected chi connectivity index (χ3v) is 5.48. The number of piperidine rings is 1. The molecule has 0 bridgehead atoms. The molecular formula is C12H19N3O4S. The molecule has 0 N–H and O–H groups in total. The van der Waals surface area contributed by atoms with E-state index in [2.05, 4.69) is 10.1 Å². The van der Waals surface area contributed by atoms with Crippen LogP contribution in [0.15, 0.2) is 4.52 Å². The number of hydrogen-bond acceptors (Lipinski definition) is 6. The van der Waals surface area contributed by atoms with Crippen molar-refractivity contribution in [2.75, 3.05) is 19.3 Å². The minimum Gasteiger partial charge on any atom is -0.362 e. The summed E-state index contributed by atoms with van der Waals surface area (Å²) >= 11 is 0. The van der Waals surface area contributed by atoms with Crippen LogP contribution in [0.3, 0.4) is 0 Å². The Balaban J connectivity index is 1.66. The van der Waals surface area contributed by atoms with Gasteiger partial charge in [-0.25, -0.2) is 12.7 Å². The van der Waals surface area contributed by atoms with Gasteiger partial charge in [-0.2, -0.15) is 4.98 Å². The van der Waals surface area contributed by atoms with Crippen LogP contribution in [-0.2, 0) is 14.8 Å². The average Bonchev–Trinajstić information content (AvgIpc) is 2.96. The minimum absolute atomic E-state index is 0.152. The Morgan fingerprint density at radius 2 is 2.00 bits per heavy atom. The van der Waals surface area contributed by atoms with Gasteiger partial charge in [0.1, 0.15) is 6.10 Å². The molecule has 2 aliphatic rings. The fraction of sp³-hybridized carbons (Fsp3) is 0.833. The maximum atomic E-state index is 11.5. The summed E-state index contributed by atoms with van der Waals surface area (Å²) in [6.45, 7) is 2.82. The summed E-state index contributed by atoms with van der Waals surface area (Å²) < 4.78 is 35.9. The van der Waals surface area contributed by atoms with Gasteiger partial charge in [-0.1, -0.05) is 5.16 Å². The molecule has 1 aromatic rings. The number of aryl methyl sites for hydroxylation is 1. The van der Waals surface area contributed by atoms with Crippen molar-refractivity contribution < 1.29 is 17.7 Å². The summed E-state index contributed by atoms with van der Waals surface area (Å²) in [7, 11) is -3.10. The molecule has 0 saturated carbocycles. The predicted octanol–water partition coefficient (Wildman–Crippen LogP) is 1.02. The fourth-order valence-corrected chi connectivity index (χ4v) is 3.87. The molecule has 0 aliphatic carbocycles. The van der Waals surface area contributed by atoms with Crippen LogP contribution in [-0.4, -0.2) is 47.8 Å². The summed E-state index contributed by atoms with van der Waals surface area (Å²) in [6.07, 6.45) is 4.32. The van der Waals surface area contributed by atoms with E-state index in [1.165, 1.54) is 10.6 Å². The first-order chi connectivity index (χ1) is 9.38. The van der Waals surface area contributed by atoms with Gasteiger partial charge < -0.3 is 9.26 Å². The number of nitrogens with zero attached hydrogens (tertiary/aromatic N) is 3. The monoisotopic (exact) mass is 301 g/mol. The summed E-state index contributed by atoms with van der Waals surface area (Å²) in [4.78, 5) is 4.22. The second-order valence-electron chi connectivity index (χ2n) is 5.67. The largest absolute Gasteiger partial charge is 0.362 e. The molecule has 112 valence electrons. The fourth-order valence-electron chi connectivity index (χ4n) is 3.02. The van der Waals surface area contributed by atoms with Crippen LogP contribution in [0.25, 0.3) is 0 Å². The van der Waals surface area contributed by atoms with Crippen molar-refractivity contribution >= 4 is 10.0 Å².